The van der Waals surface area contributed by atoms with Gasteiger partial charge >= 0.3 is 0 Å². The van der Waals surface area contributed by atoms with Crippen LogP contribution in [-0.4, -0.2) is 53.3 Å². The minimum atomic E-state index is -0.619. The van der Waals surface area contributed by atoms with E-state index < -0.39 is 5.82 Å². The van der Waals surface area contributed by atoms with Crippen molar-refractivity contribution in [3.05, 3.63) is 17.4 Å². The Morgan fingerprint density at radius 3 is 2.76 bits per heavy atom. The van der Waals surface area contributed by atoms with E-state index in [1.165, 1.54) is 11.8 Å². The van der Waals surface area contributed by atoms with Gasteiger partial charge in [0.05, 0.1) is 29.3 Å². The number of morpholine rings is 1. The Bertz CT molecular complexity index is 986. The number of anilines is 2. The van der Waals surface area contributed by atoms with E-state index in [-0.39, 0.29) is 45.6 Å². The van der Waals surface area contributed by atoms with Crippen LogP contribution in [0, 0.1) is 5.82 Å². The third-order valence-electron chi connectivity index (χ3n) is 5.98. The second-order valence-corrected chi connectivity index (χ2v) is 9.27. The van der Waals surface area contributed by atoms with Gasteiger partial charge in [-0.15, -0.1) is 0 Å². The van der Waals surface area contributed by atoms with Crippen LogP contribution in [0.5, 0.6) is 0 Å². The maximum Gasteiger partial charge on any atom is 0.287 e. The van der Waals surface area contributed by atoms with Crippen molar-refractivity contribution in [1.29, 1.82) is 0 Å². The van der Waals surface area contributed by atoms with E-state index in [0.717, 1.165) is 19.3 Å². The monoisotopic (exact) mass is 419 g/mol. The van der Waals surface area contributed by atoms with Gasteiger partial charge in [0.2, 0.25) is 5.58 Å². The lowest BCUT2D eigenvalue weighted by molar-refractivity contribution is -0.00543. The molecule has 0 bridgehead atoms. The molecule has 3 fully saturated rings. The molecule has 0 radical (unpaired) electrons. The largest absolute Gasteiger partial charge is 0.372 e. The molecule has 0 spiro atoms. The molecule has 1 aromatic carbocycles. The zero-order valence-corrected chi connectivity index (χ0v) is 17.1. The van der Waals surface area contributed by atoms with Crippen LogP contribution in [-0.2, 0) is 4.74 Å². The van der Waals surface area contributed by atoms with Crippen LogP contribution in [0.1, 0.15) is 43.5 Å². The van der Waals surface area contributed by atoms with Crippen molar-refractivity contribution in [2.45, 2.75) is 56.6 Å². The van der Waals surface area contributed by atoms with Gasteiger partial charge < -0.3 is 14.2 Å². The molecule has 29 heavy (non-hydrogen) atoms. The van der Waals surface area contributed by atoms with E-state index in [2.05, 4.69) is 5.16 Å². The highest BCUT2D eigenvalue weighted by molar-refractivity contribution is 8.14. The number of ether oxygens (including phenoxy) is 1. The molecule has 1 aromatic heterocycles. The Morgan fingerprint density at radius 2 is 2.03 bits per heavy atom. The normalized spacial score (nSPS) is 29.7. The van der Waals surface area contributed by atoms with Gasteiger partial charge in [-0.05, 0) is 32.8 Å². The molecule has 154 valence electrons. The van der Waals surface area contributed by atoms with Crippen LogP contribution in [0.4, 0.5) is 20.7 Å². The Hall–Kier alpha value is -2.13. The number of benzene rings is 1. The van der Waals surface area contributed by atoms with Gasteiger partial charge in [-0.3, -0.25) is 14.5 Å². The second kappa shape index (κ2) is 6.98. The molecule has 1 amide bonds. The fourth-order valence-corrected chi connectivity index (χ4v) is 6.18. The zero-order valence-electron chi connectivity index (χ0n) is 16.3. The number of fused-ring (bicyclic) bond motifs is 2. The minimum absolute atomic E-state index is 0.0216. The molecule has 0 unspecified atom stereocenters. The Morgan fingerprint density at radius 1 is 1.28 bits per heavy atom. The summed E-state index contributed by atoms with van der Waals surface area (Å²) in [6.45, 7) is 4.78. The summed E-state index contributed by atoms with van der Waals surface area (Å²) in [5, 5.41) is 4.56. The number of hydrogen-bond acceptors (Lipinski definition) is 7. The van der Waals surface area contributed by atoms with Gasteiger partial charge in [0.25, 0.3) is 5.24 Å². The third-order valence-corrected chi connectivity index (χ3v) is 7.23. The van der Waals surface area contributed by atoms with Gasteiger partial charge in [0, 0.05) is 23.9 Å². The average Bonchev–Trinajstić information content (AvgIpc) is 3.35. The van der Waals surface area contributed by atoms with Crippen LogP contribution in [0.15, 0.2) is 10.6 Å². The molecular weight excluding hydrogens is 397 g/mol. The van der Waals surface area contributed by atoms with Crippen molar-refractivity contribution in [2.24, 2.45) is 0 Å². The molecule has 7 nitrogen and oxygen atoms in total. The first-order valence-corrected chi connectivity index (χ1v) is 10.8. The second-order valence-electron chi connectivity index (χ2n) is 8.08. The number of halogens is 1. The van der Waals surface area contributed by atoms with Gasteiger partial charge in [0.1, 0.15) is 0 Å². The molecule has 9 heteroatoms. The highest BCUT2D eigenvalue weighted by atomic mass is 32.2. The van der Waals surface area contributed by atoms with E-state index >= 15 is 4.39 Å². The summed E-state index contributed by atoms with van der Waals surface area (Å²) in [4.78, 5) is 27.9. The maximum atomic E-state index is 15.5. The van der Waals surface area contributed by atoms with Crippen LogP contribution in [0.3, 0.4) is 0 Å². The quantitative estimate of drug-likeness (QED) is 0.697. The fourth-order valence-electron chi connectivity index (χ4n) is 4.89. The summed E-state index contributed by atoms with van der Waals surface area (Å²) in [7, 11) is 0. The maximum absolute atomic E-state index is 15.5. The summed E-state index contributed by atoms with van der Waals surface area (Å²) in [5.41, 5.74) is 0.410. The molecule has 5 rings (SSSR count). The Kier molecular flexibility index (Phi) is 4.54. The molecule has 2 aliphatic heterocycles. The first-order valence-electron chi connectivity index (χ1n) is 9.95. The molecule has 2 saturated heterocycles. The zero-order chi connectivity index (χ0) is 20.3. The van der Waals surface area contributed by atoms with Crippen molar-refractivity contribution < 1.29 is 23.2 Å². The van der Waals surface area contributed by atoms with Crippen LogP contribution in [0.25, 0.3) is 11.0 Å². The van der Waals surface area contributed by atoms with Crippen LogP contribution in [0.2, 0.25) is 0 Å². The highest BCUT2D eigenvalue weighted by Gasteiger charge is 2.46. The number of rotatable bonds is 3. The van der Waals surface area contributed by atoms with Gasteiger partial charge in [0.15, 0.2) is 17.9 Å². The van der Waals surface area contributed by atoms with Gasteiger partial charge in [-0.1, -0.05) is 23.3 Å². The van der Waals surface area contributed by atoms with Crippen molar-refractivity contribution in [3.8, 4) is 0 Å². The first-order chi connectivity index (χ1) is 14.0. The van der Waals surface area contributed by atoms with Crippen molar-refractivity contribution in [1.82, 2.24) is 5.16 Å². The van der Waals surface area contributed by atoms with E-state index in [1.807, 2.05) is 18.7 Å². The molecule has 3 aliphatic rings. The number of carbonyl (C=O) groups excluding carboxylic acids is 2. The third kappa shape index (κ3) is 2.93. The number of hydrogen-bond donors (Lipinski definition) is 0. The number of carbonyl (C=O) groups is 2. The van der Waals surface area contributed by atoms with Gasteiger partial charge in [-0.2, -0.15) is 0 Å². The molecule has 2 aromatic rings. The van der Waals surface area contributed by atoms with E-state index in [1.54, 1.807) is 11.0 Å². The van der Waals surface area contributed by atoms with Crippen LogP contribution >= 0.6 is 11.8 Å². The predicted molar refractivity (Wildman–Crippen MR) is 108 cm³/mol. The molecular formula is C20H22FN3O4S. The van der Waals surface area contributed by atoms with Crippen molar-refractivity contribution in [3.63, 3.8) is 0 Å². The lowest BCUT2D eigenvalue weighted by Gasteiger charge is -2.37. The summed E-state index contributed by atoms with van der Waals surface area (Å²) >= 11 is 1.31. The molecule has 4 atom stereocenters. The number of thioether (sulfide) groups is 1. The number of aromatic nitrogens is 1. The first kappa shape index (κ1) is 18.9. The standard InChI is InChI=1S/C20H22FN3O4S/c1-10-7-23(8-11(2)27-10)17-12(9-25)6-13-18(16(17)21)28-22-19(13)24-14-4-3-5-15(14)29-20(24)26/h6,9-11,14-15H,3-5,7-8H2,1-2H3/t10-,11-,14-,15+/m1/s1. The smallest absolute Gasteiger partial charge is 0.287 e. The van der Waals surface area contributed by atoms with E-state index in [9.17, 15) is 9.59 Å². The van der Waals surface area contributed by atoms with Crippen LogP contribution < -0.4 is 9.80 Å². The summed E-state index contributed by atoms with van der Waals surface area (Å²) in [5.74, 6) is -0.309. The Labute approximate surface area is 171 Å². The number of amides is 1. The molecule has 1 saturated carbocycles. The average molecular weight is 419 g/mol. The predicted octanol–water partition coefficient (Wildman–Crippen LogP) is 3.99. The highest BCUT2D eigenvalue weighted by Crippen LogP contribution is 2.46. The SMILES string of the molecule is C[C@@H]1CN(c2c(C=O)cc3c(N4C(=O)S[C@H]5CCC[C@H]54)noc3c2F)C[C@@H](C)O1. The lowest BCUT2D eigenvalue weighted by Crippen LogP contribution is -2.46. The number of aldehydes is 1. The number of nitrogens with zero attached hydrogens (tertiary/aromatic N) is 3. The van der Waals surface area contributed by atoms with E-state index in [4.69, 9.17) is 9.26 Å². The lowest BCUT2D eigenvalue weighted by atomic mass is 10.1. The van der Waals surface area contributed by atoms with E-state index in [0.29, 0.717) is 30.6 Å². The molecule has 0 N–H and O–H groups in total. The fraction of sp³-hybridized carbons (Fsp3) is 0.550. The summed E-state index contributed by atoms with van der Waals surface area (Å²) < 4.78 is 26.6. The summed E-state index contributed by atoms with van der Waals surface area (Å²) in [6, 6.07) is 1.64. The Balaban J connectivity index is 1.61. The topological polar surface area (TPSA) is 75.9 Å². The van der Waals surface area contributed by atoms with Crippen molar-refractivity contribution in [2.75, 3.05) is 22.9 Å². The van der Waals surface area contributed by atoms with Crippen molar-refractivity contribution >= 4 is 45.8 Å². The molecule has 3 heterocycles. The summed E-state index contributed by atoms with van der Waals surface area (Å²) in [6.07, 6.45) is 3.40. The van der Waals surface area contributed by atoms with Gasteiger partial charge in [-0.25, -0.2) is 4.39 Å². The molecule has 1 aliphatic carbocycles. The minimum Gasteiger partial charge on any atom is -0.372 e.